The molecule has 1 fully saturated rings. The third-order valence-corrected chi connectivity index (χ3v) is 5.59. The largest absolute Gasteiger partial charge is 0.507 e. The van der Waals surface area contributed by atoms with E-state index in [0.29, 0.717) is 42.1 Å². The molecule has 1 unspecified atom stereocenters. The van der Waals surface area contributed by atoms with Crippen molar-refractivity contribution in [2.45, 2.75) is 19.0 Å². The number of aromatic nitrogens is 3. The molecule has 1 atom stereocenters. The number of hydrogen-bond donors (Lipinski definition) is 1. The van der Waals surface area contributed by atoms with Gasteiger partial charge in [0.05, 0.1) is 32.2 Å². The van der Waals surface area contributed by atoms with E-state index in [9.17, 15) is 14.7 Å². The first kappa shape index (κ1) is 22.1. The number of aryl methyl sites for hydroxylation is 1. The smallest absolute Gasteiger partial charge is 0.295 e. The van der Waals surface area contributed by atoms with Crippen LogP contribution < -0.4 is 9.47 Å². The number of amides is 1. The minimum absolute atomic E-state index is 0.0288. The van der Waals surface area contributed by atoms with Gasteiger partial charge in [-0.3, -0.25) is 14.6 Å². The lowest BCUT2D eigenvalue weighted by Gasteiger charge is -2.25. The third kappa shape index (κ3) is 4.30. The highest BCUT2D eigenvalue weighted by molar-refractivity contribution is 6.46. The predicted molar refractivity (Wildman–Crippen MR) is 120 cm³/mol. The van der Waals surface area contributed by atoms with Gasteiger partial charge in [-0.25, -0.2) is 4.98 Å². The summed E-state index contributed by atoms with van der Waals surface area (Å²) >= 11 is 0. The Kier molecular flexibility index (Phi) is 6.39. The second-order valence-corrected chi connectivity index (χ2v) is 7.50. The Morgan fingerprint density at radius 1 is 1.00 bits per heavy atom. The molecule has 0 bridgehead atoms. The van der Waals surface area contributed by atoms with E-state index in [4.69, 9.17) is 9.47 Å². The molecule has 170 valence electrons. The quantitative estimate of drug-likeness (QED) is 0.321. The fourth-order valence-electron chi connectivity index (χ4n) is 3.98. The van der Waals surface area contributed by atoms with E-state index < -0.39 is 17.7 Å². The summed E-state index contributed by atoms with van der Waals surface area (Å²) < 4.78 is 12.5. The molecule has 1 aliphatic rings. The van der Waals surface area contributed by atoms with E-state index in [-0.39, 0.29) is 11.3 Å². The van der Waals surface area contributed by atoms with Crippen LogP contribution in [-0.2, 0) is 16.1 Å². The summed E-state index contributed by atoms with van der Waals surface area (Å²) in [5.41, 5.74) is 1.07. The van der Waals surface area contributed by atoms with Gasteiger partial charge in [-0.1, -0.05) is 0 Å². The molecule has 0 saturated carbocycles. The zero-order valence-corrected chi connectivity index (χ0v) is 18.3. The van der Waals surface area contributed by atoms with Crippen LogP contribution in [-0.4, -0.2) is 57.0 Å². The SMILES string of the molecule is COc1ccc(/C(O)=C2\C(=O)C(=O)N(CCCn3ccnc3)C2c2ccncc2)cc1OC. The lowest BCUT2D eigenvalue weighted by molar-refractivity contribution is -0.139. The molecule has 33 heavy (non-hydrogen) atoms. The van der Waals surface area contributed by atoms with Crippen LogP contribution in [0.3, 0.4) is 0 Å². The van der Waals surface area contributed by atoms with Gasteiger partial charge in [-0.2, -0.15) is 0 Å². The number of methoxy groups -OCH3 is 2. The van der Waals surface area contributed by atoms with Crippen LogP contribution in [0.5, 0.6) is 11.5 Å². The Hall–Kier alpha value is -4.14. The Labute approximate surface area is 190 Å². The fraction of sp³-hybridized carbons (Fsp3) is 0.250. The number of ketones is 1. The van der Waals surface area contributed by atoms with Gasteiger partial charge >= 0.3 is 0 Å². The summed E-state index contributed by atoms with van der Waals surface area (Å²) in [6.45, 7) is 0.972. The summed E-state index contributed by atoms with van der Waals surface area (Å²) in [4.78, 5) is 35.6. The molecule has 3 aromatic rings. The van der Waals surface area contributed by atoms with Crippen molar-refractivity contribution in [3.8, 4) is 11.5 Å². The molecule has 1 saturated heterocycles. The van der Waals surface area contributed by atoms with Gasteiger partial charge in [0.25, 0.3) is 11.7 Å². The molecule has 4 rings (SSSR count). The van der Waals surface area contributed by atoms with Crippen molar-refractivity contribution in [2.24, 2.45) is 0 Å². The topological polar surface area (TPSA) is 107 Å². The number of carbonyl (C=O) groups is 2. The molecule has 1 N–H and O–H groups in total. The molecule has 1 amide bonds. The normalized spacial score (nSPS) is 17.4. The van der Waals surface area contributed by atoms with Crippen molar-refractivity contribution in [1.29, 1.82) is 0 Å². The fourth-order valence-corrected chi connectivity index (χ4v) is 3.98. The van der Waals surface area contributed by atoms with Gasteiger partial charge in [-0.15, -0.1) is 0 Å². The van der Waals surface area contributed by atoms with Crippen molar-refractivity contribution in [1.82, 2.24) is 19.4 Å². The number of imidazole rings is 1. The molecule has 1 aromatic carbocycles. The maximum atomic E-state index is 13.1. The molecular formula is C24H24N4O5. The second-order valence-electron chi connectivity index (χ2n) is 7.50. The predicted octanol–water partition coefficient (Wildman–Crippen LogP) is 2.81. The van der Waals surface area contributed by atoms with Gasteiger partial charge in [0.2, 0.25) is 0 Å². The van der Waals surface area contributed by atoms with Crippen LogP contribution in [0.25, 0.3) is 5.76 Å². The average molecular weight is 448 g/mol. The number of benzene rings is 1. The molecular weight excluding hydrogens is 424 g/mol. The van der Waals surface area contributed by atoms with Crippen molar-refractivity contribution in [3.63, 3.8) is 0 Å². The number of rotatable bonds is 8. The Bertz CT molecular complexity index is 1170. The number of likely N-dealkylation sites (tertiary alicyclic amines) is 1. The minimum atomic E-state index is -0.733. The number of Topliss-reactive ketones (excluding diaryl/α,β-unsaturated/α-hetero) is 1. The van der Waals surface area contributed by atoms with Gasteiger partial charge in [0.15, 0.2) is 11.5 Å². The van der Waals surface area contributed by atoms with Crippen LogP contribution in [0.2, 0.25) is 0 Å². The van der Waals surface area contributed by atoms with Crippen molar-refractivity contribution in [2.75, 3.05) is 20.8 Å². The zero-order chi connectivity index (χ0) is 23.4. The molecule has 9 nitrogen and oxygen atoms in total. The lowest BCUT2D eigenvalue weighted by Crippen LogP contribution is -2.31. The minimum Gasteiger partial charge on any atom is -0.507 e. The van der Waals surface area contributed by atoms with E-state index in [1.165, 1.54) is 19.1 Å². The molecule has 1 aliphatic heterocycles. The van der Waals surface area contributed by atoms with Gasteiger partial charge < -0.3 is 24.0 Å². The summed E-state index contributed by atoms with van der Waals surface area (Å²) in [6.07, 6.45) is 9.03. The van der Waals surface area contributed by atoms with Gasteiger partial charge in [0, 0.05) is 43.4 Å². The van der Waals surface area contributed by atoms with E-state index in [1.807, 2.05) is 10.8 Å². The first-order valence-electron chi connectivity index (χ1n) is 10.4. The Morgan fingerprint density at radius 2 is 1.76 bits per heavy atom. The molecule has 3 heterocycles. The molecule has 0 spiro atoms. The molecule has 0 radical (unpaired) electrons. The highest BCUT2D eigenvalue weighted by Crippen LogP contribution is 2.40. The summed E-state index contributed by atoms with van der Waals surface area (Å²) in [5, 5.41) is 11.2. The maximum Gasteiger partial charge on any atom is 0.295 e. The van der Waals surface area contributed by atoms with Crippen molar-refractivity contribution in [3.05, 3.63) is 78.1 Å². The third-order valence-electron chi connectivity index (χ3n) is 5.59. The van der Waals surface area contributed by atoms with Crippen LogP contribution >= 0.6 is 0 Å². The number of aliphatic hydroxyl groups excluding tert-OH is 1. The van der Waals surface area contributed by atoms with Crippen LogP contribution in [0.15, 0.2) is 67.0 Å². The van der Waals surface area contributed by atoms with Crippen molar-refractivity contribution < 1.29 is 24.2 Å². The Morgan fingerprint density at radius 3 is 2.42 bits per heavy atom. The molecule has 2 aromatic heterocycles. The van der Waals surface area contributed by atoms with E-state index >= 15 is 0 Å². The number of pyridine rings is 1. The Balaban J connectivity index is 1.73. The number of nitrogens with zero attached hydrogens (tertiary/aromatic N) is 4. The molecule has 9 heteroatoms. The zero-order valence-electron chi connectivity index (χ0n) is 18.3. The summed E-state index contributed by atoms with van der Waals surface area (Å²) in [6, 6.07) is 7.57. The summed E-state index contributed by atoms with van der Waals surface area (Å²) in [5.74, 6) is -0.763. The highest BCUT2D eigenvalue weighted by atomic mass is 16.5. The second kappa shape index (κ2) is 9.56. The van der Waals surface area contributed by atoms with E-state index in [1.54, 1.807) is 55.2 Å². The van der Waals surface area contributed by atoms with Crippen molar-refractivity contribution >= 4 is 17.4 Å². The number of ether oxygens (including phenoxy) is 2. The summed E-state index contributed by atoms with van der Waals surface area (Å²) in [7, 11) is 2.99. The average Bonchev–Trinajstić information content (AvgIpc) is 3.46. The number of carbonyl (C=O) groups excluding carboxylic acids is 2. The molecule has 0 aliphatic carbocycles. The lowest BCUT2D eigenvalue weighted by atomic mass is 9.95. The first-order valence-corrected chi connectivity index (χ1v) is 10.4. The van der Waals surface area contributed by atoms with E-state index in [2.05, 4.69) is 9.97 Å². The maximum absolute atomic E-state index is 13.1. The standard InChI is InChI=1S/C24H24N4O5/c1-32-18-5-4-17(14-19(18)33-2)22(29)20-21(16-6-8-25-9-7-16)28(24(31)23(20)30)12-3-11-27-13-10-26-15-27/h4-10,13-15,21,29H,3,11-12H2,1-2H3/b22-20+. The van der Waals surface area contributed by atoms with Crippen LogP contribution in [0.1, 0.15) is 23.6 Å². The van der Waals surface area contributed by atoms with Gasteiger partial charge in [-0.05, 0) is 42.3 Å². The van der Waals surface area contributed by atoms with E-state index in [0.717, 1.165) is 0 Å². The van der Waals surface area contributed by atoms with Crippen LogP contribution in [0.4, 0.5) is 0 Å². The number of aliphatic hydroxyl groups is 1. The number of hydrogen-bond acceptors (Lipinski definition) is 7. The monoisotopic (exact) mass is 448 g/mol. The van der Waals surface area contributed by atoms with Gasteiger partial charge in [0.1, 0.15) is 5.76 Å². The first-order chi connectivity index (χ1) is 16.0. The van der Waals surface area contributed by atoms with Crippen LogP contribution in [0, 0.1) is 0 Å². The highest BCUT2D eigenvalue weighted by Gasteiger charge is 2.45.